The molecule has 3 rings (SSSR count). The molecule has 0 spiro atoms. The third-order valence-corrected chi connectivity index (χ3v) is 4.68. The molecule has 0 saturated heterocycles. The molecule has 25 heavy (non-hydrogen) atoms. The van der Waals surface area contributed by atoms with E-state index >= 15 is 0 Å². The van der Waals surface area contributed by atoms with Crippen LogP contribution in [0.25, 0.3) is 16.6 Å². The minimum absolute atomic E-state index is 0.0883. The van der Waals surface area contributed by atoms with Gasteiger partial charge in [0.25, 0.3) is 5.56 Å². The molecule has 0 bridgehead atoms. The molecule has 0 N–H and O–H groups in total. The Labute approximate surface area is 147 Å². The molecule has 0 fully saturated rings. The van der Waals surface area contributed by atoms with E-state index in [1.54, 1.807) is 43.3 Å². The predicted molar refractivity (Wildman–Crippen MR) is 94.6 cm³/mol. The van der Waals surface area contributed by atoms with Crippen LogP contribution in [0.5, 0.6) is 0 Å². The van der Waals surface area contributed by atoms with E-state index in [0.717, 1.165) is 11.8 Å². The SMILES string of the molecule is COC(=O)C(C)Sc1nc2ccccc2c(=O)n1-c1ccccc1F. The van der Waals surface area contributed by atoms with Gasteiger partial charge in [-0.25, -0.2) is 9.37 Å². The van der Waals surface area contributed by atoms with Gasteiger partial charge in [-0.1, -0.05) is 36.0 Å². The third kappa shape index (κ3) is 3.28. The molecule has 0 saturated carbocycles. The van der Waals surface area contributed by atoms with Crippen molar-refractivity contribution in [1.29, 1.82) is 0 Å². The maximum absolute atomic E-state index is 14.3. The van der Waals surface area contributed by atoms with Gasteiger partial charge in [-0.2, -0.15) is 0 Å². The van der Waals surface area contributed by atoms with Crippen molar-refractivity contribution in [2.45, 2.75) is 17.3 Å². The Hall–Kier alpha value is -2.67. The molecule has 1 aromatic heterocycles. The zero-order valence-corrected chi connectivity index (χ0v) is 14.4. The van der Waals surface area contributed by atoms with Gasteiger partial charge in [0.1, 0.15) is 11.1 Å². The number of esters is 1. The lowest BCUT2D eigenvalue weighted by Gasteiger charge is -2.15. The molecule has 128 valence electrons. The van der Waals surface area contributed by atoms with E-state index in [4.69, 9.17) is 4.74 Å². The summed E-state index contributed by atoms with van der Waals surface area (Å²) in [5.74, 6) is -0.998. The molecule has 1 unspecified atom stereocenters. The Kier molecular flexibility index (Phi) is 4.85. The van der Waals surface area contributed by atoms with Crippen LogP contribution in [0.15, 0.2) is 58.5 Å². The average Bonchev–Trinajstić information content (AvgIpc) is 2.62. The summed E-state index contributed by atoms with van der Waals surface area (Å²) < 4.78 is 20.2. The second kappa shape index (κ2) is 7.06. The van der Waals surface area contributed by atoms with E-state index < -0.39 is 22.6 Å². The Balaban J connectivity index is 2.27. The number of carbonyl (C=O) groups is 1. The van der Waals surface area contributed by atoms with Crippen LogP contribution in [0.4, 0.5) is 4.39 Å². The number of halogens is 1. The molecule has 0 amide bonds. The van der Waals surface area contributed by atoms with Crippen molar-refractivity contribution < 1.29 is 13.9 Å². The van der Waals surface area contributed by atoms with Gasteiger partial charge in [0.2, 0.25) is 0 Å². The number of para-hydroxylation sites is 2. The zero-order chi connectivity index (χ0) is 18.0. The van der Waals surface area contributed by atoms with Crippen LogP contribution in [0, 0.1) is 5.82 Å². The predicted octanol–water partition coefficient (Wildman–Crippen LogP) is 3.18. The summed E-state index contributed by atoms with van der Waals surface area (Å²) in [7, 11) is 1.29. The number of nitrogens with zero attached hydrogens (tertiary/aromatic N) is 2. The standard InChI is InChI=1S/C18H15FN2O3S/c1-11(17(23)24-2)25-18-20-14-9-5-3-7-12(14)16(22)21(18)15-10-6-4-8-13(15)19/h3-11H,1-2H3. The van der Waals surface area contributed by atoms with Crippen molar-refractivity contribution in [1.82, 2.24) is 9.55 Å². The summed E-state index contributed by atoms with van der Waals surface area (Å²) in [6, 6.07) is 12.8. The molecule has 2 aromatic carbocycles. The molecule has 0 radical (unpaired) electrons. The normalized spacial score (nSPS) is 12.1. The molecule has 0 aliphatic carbocycles. The smallest absolute Gasteiger partial charge is 0.318 e. The number of thioether (sulfide) groups is 1. The molecular formula is C18H15FN2O3S. The van der Waals surface area contributed by atoms with Gasteiger partial charge >= 0.3 is 5.97 Å². The van der Waals surface area contributed by atoms with Crippen molar-refractivity contribution in [3.63, 3.8) is 0 Å². The summed E-state index contributed by atoms with van der Waals surface area (Å²) in [4.78, 5) is 29.2. The Morgan fingerprint density at radius 2 is 1.88 bits per heavy atom. The topological polar surface area (TPSA) is 61.2 Å². The van der Waals surface area contributed by atoms with E-state index in [1.807, 2.05) is 0 Å². The van der Waals surface area contributed by atoms with E-state index in [2.05, 4.69) is 4.98 Å². The summed E-state index contributed by atoms with van der Waals surface area (Å²) in [6.07, 6.45) is 0. The molecule has 1 atom stereocenters. The van der Waals surface area contributed by atoms with Crippen molar-refractivity contribution in [3.05, 3.63) is 64.7 Å². The van der Waals surface area contributed by atoms with Crippen LogP contribution < -0.4 is 5.56 Å². The van der Waals surface area contributed by atoms with Crippen LogP contribution in [-0.2, 0) is 9.53 Å². The first-order chi connectivity index (χ1) is 12.0. The molecule has 3 aromatic rings. The van der Waals surface area contributed by atoms with E-state index in [9.17, 15) is 14.0 Å². The minimum atomic E-state index is -0.601. The molecule has 0 aliphatic rings. The first kappa shape index (κ1) is 17.2. The van der Waals surface area contributed by atoms with Crippen molar-refractivity contribution in [3.8, 4) is 5.69 Å². The lowest BCUT2D eigenvalue weighted by Crippen LogP contribution is -2.24. The van der Waals surface area contributed by atoms with Crippen molar-refractivity contribution >= 4 is 28.6 Å². The molecule has 1 heterocycles. The van der Waals surface area contributed by atoms with Crippen LogP contribution in [-0.4, -0.2) is 27.9 Å². The maximum atomic E-state index is 14.3. The summed E-state index contributed by atoms with van der Waals surface area (Å²) in [5, 5.41) is 0.00334. The van der Waals surface area contributed by atoms with Crippen LogP contribution in [0.2, 0.25) is 0 Å². The summed E-state index contributed by atoms with van der Waals surface area (Å²) in [6.45, 7) is 1.64. The van der Waals surface area contributed by atoms with Gasteiger partial charge in [0.15, 0.2) is 5.16 Å². The average molecular weight is 358 g/mol. The number of hydrogen-bond acceptors (Lipinski definition) is 5. The van der Waals surface area contributed by atoms with Crippen molar-refractivity contribution in [2.24, 2.45) is 0 Å². The van der Waals surface area contributed by atoms with E-state index in [1.165, 1.54) is 23.8 Å². The molecule has 7 heteroatoms. The lowest BCUT2D eigenvalue weighted by atomic mass is 10.2. The van der Waals surface area contributed by atoms with Gasteiger partial charge in [-0.15, -0.1) is 0 Å². The second-order valence-electron chi connectivity index (χ2n) is 5.29. The summed E-state index contributed by atoms with van der Waals surface area (Å²) in [5.41, 5.74) is 0.181. The highest BCUT2D eigenvalue weighted by molar-refractivity contribution is 8.00. The first-order valence-corrected chi connectivity index (χ1v) is 8.42. The van der Waals surface area contributed by atoms with Crippen LogP contribution in [0.1, 0.15) is 6.92 Å². The Bertz CT molecular complexity index is 1000. The van der Waals surface area contributed by atoms with Gasteiger partial charge in [0.05, 0.1) is 23.7 Å². The van der Waals surface area contributed by atoms with Gasteiger partial charge in [0, 0.05) is 0 Å². The van der Waals surface area contributed by atoms with Crippen molar-refractivity contribution in [2.75, 3.05) is 7.11 Å². The number of rotatable bonds is 4. The molecule has 5 nitrogen and oxygen atoms in total. The summed E-state index contributed by atoms with van der Waals surface area (Å²) >= 11 is 1.05. The number of benzene rings is 2. The quantitative estimate of drug-likeness (QED) is 0.407. The fraction of sp³-hybridized carbons (Fsp3) is 0.167. The fourth-order valence-electron chi connectivity index (χ4n) is 2.41. The van der Waals surface area contributed by atoms with Gasteiger partial charge in [-0.3, -0.25) is 14.2 Å². The second-order valence-corrected chi connectivity index (χ2v) is 6.59. The van der Waals surface area contributed by atoms with Gasteiger partial charge < -0.3 is 4.74 Å². The van der Waals surface area contributed by atoms with Gasteiger partial charge in [-0.05, 0) is 31.2 Å². The molecule has 0 aliphatic heterocycles. The largest absolute Gasteiger partial charge is 0.468 e. The molecular weight excluding hydrogens is 343 g/mol. The third-order valence-electron chi connectivity index (χ3n) is 3.65. The minimum Gasteiger partial charge on any atom is -0.468 e. The van der Waals surface area contributed by atoms with Crippen LogP contribution >= 0.6 is 11.8 Å². The van der Waals surface area contributed by atoms with E-state index in [-0.39, 0.29) is 10.8 Å². The highest BCUT2D eigenvalue weighted by atomic mass is 32.2. The number of hydrogen-bond donors (Lipinski definition) is 0. The fourth-order valence-corrected chi connectivity index (χ4v) is 3.36. The van der Waals surface area contributed by atoms with Crippen LogP contribution in [0.3, 0.4) is 0 Å². The number of carbonyl (C=O) groups excluding carboxylic acids is 1. The highest BCUT2D eigenvalue weighted by Crippen LogP contribution is 2.26. The highest BCUT2D eigenvalue weighted by Gasteiger charge is 2.21. The Morgan fingerprint density at radius 3 is 2.60 bits per heavy atom. The zero-order valence-electron chi connectivity index (χ0n) is 13.6. The number of methoxy groups -OCH3 is 1. The number of fused-ring (bicyclic) bond motifs is 1. The monoisotopic (exact) mass is 358 g/mol. The number of ether oxygens (including phenoxy) is 1. The van der Waals surface area contributed by atoms with E-state index in [0.29, 0.717) is 10.9 Å². The number of aromatic nitrogens is 2. The first-order valence-electron chi connectivity index (χ1n) is 7.54. The lowest BCUT2D eigenvalue weighted by molar-refractivity contribution is -0.139. The maximum Gasteiger partial charge on any atom is 0.318 e. The Morgan fingerprint density at radius 1 is 1.20 bits per heavy atom.